The van der Waals surface area contributed by atoms with E-state index in [-0.39, 0.29) is 6.04 Å². The molecule has 0 radical (unpaired) electrons. The van der Waals surface area contributed by atoms with E-state index >= 15 is 0 Å². The van der Waals surface area contributed by atoms with E-state index < -0.39 is 0 Å². The van der Waals surface area contributed by atoms with Gasteiger partial charge in [-0.2, -0.15) is 0 Å². The van der Waals surface area contributed by atoms with Crippen LogP contribution in [0.15, 0.2) is 18.2 Å². The number of benzene rings is 1. The van der Waals surface area contributed by atoms with E-state index in [4.69, 9.17) is 10.5 Å². The van der Waals surface area contributed by atoms with Gasteiger partial charge in [0.25, 0.3) is 0 Å². The first-order valence-electron chi connectivity index (χ1n) is 6.85. The molecule has 0 spiro atoms. The van der Waals surface area contributed by atoms with Crippen LogP contribution in [0.3, 0.4) is 0 Å². The molecule has 0 amide bonds. The van der Waals surface area contributed by atoms with Gasteiger partial charge in [0, 0.05) is 18.2 Å². The Kier molecular flexibility index (Phi) is 6.16. The molecule has 1 aromatic carbocycles. The highest BCUT2D eigenvalue weighted by atomic mass is 16.5. The second kappa shape index (κ2) is 7.39. The quantitative estimate of drug-likeness (QED) is 0.808. The predicted molar refractivity (Wildman–Crippen MR) is 76.8 cm³/mol. The molecule has 3 nitrogen and oxygen atoms in total. The summed E-state index contributed by atoms with van der Waals surface area (Å²) >= 11 is 0. The average molecular weight is 250 g/mol. The molecule has 0 bridgehead atoms. The van der Waals surface area contributed by atoms with Crippen molar-refractivity contribution in [2.75, 3.05) is 19.7 Å². The van der Waals surface area contributed by atoms with Gasteiger partial charge in [0.2, 0.25) is 0 Å². The summed E-state index contributed by atoms with van der Waals surface area (Å²) in [5.41, 5.74) is 8.35. The highest BCUT2D eigenvalue weighted by Crippen LogP contribution is 2.24. The van der Waals surface area contributed by atoms with Crippen LogP contribution in [-0.4, -0.2) is 24.6 Å². The van der Waals surface area contributed by atoms with Crippen molar-refractivity contribution >= 4 is 0 Å². The topological polar surface area (TPSA) is 38.5 Å². The standard InChI is InChI=1S/C15H26N2O/c1-5-17(6-2)11-14-10-13(12(4)16)8-9-15(14)18-7-3/h8-10,12H,5-7,11,16H2,1-4H3. The van der Waals surface area contributed by atoms with E-state index in [1.54, 1.807) is 0 Å². The molecule has 0 saturated carbocycles. The van der Waals surface area contributed by atoms with Crippen molar-refractivity contribution in [3.05, 3.63) is 29.3 Å². The highest BCUT2D eigenvalue weighted by Gasteiger charge is 2.10. The lowest BCUT2D eigenvalue weighted by Gasteiger charge is -2.21. The third-order valence-electron chi connectivity index (χ3n) is 3.20. The third-order valence-corrected chi connectivity index (χ3v) is 3.20. The van der Waals surface area contributed by atoms with E-state index in [1.807, 2.05) is 19.9 Å². The maximum atomic E-state index is 5.95. The second-order valence-electron chi connectivity index (χ2n) is 4.55. The van der Waals surface area contributed by atoms with Gasteiger partial charge in [-0.05, 0) is 44.6 Å². The summed E-state index contributed by atoms with van der Waals surface area (Å²) in [7, 11) is 0. The molecule has 2 N–H and O–H groups in total. The van der Waals surface area contributed by atoms with Gasteiger partial charge in [-0.1, -0.05) is 19.9 Å². The second-order valence-corrected chi connectivity index (χ2v) is 4.55. The normalized spacial score (nSPS) is 12.8. The zero-order valence-electron chi connectivity index (χ0n) is 12.1. The number of nitrogens with two attached hydrogens (primary N) is 1. The number of ether oxygens (including phenoxy) is 1. The molecule has 1 aromatic rings. The summed E-state index contributed by atoms with van der Waals surface area (Å²) in [6.07, 6.45) is 0. The first kappa shape index (κ1) is 15.0. The molecule has 0 aliphatic rings. The van der Waals surface area contributed by atoms with Crippen LogP contribution in [0.2, 0.25) is 0 Å². The molecular weight excluding hydrogens is 224 g/mol. The predicted octanol–water partition coefficient (Wildman–Crippen LogP) is 2.95. The first-order valence-corrected chi connectivity index (χ1v) is 6.85. The molecule has 0 fully saturated rings. The fourth-order valence-corrected chi connectivity index (χ4v) is 1.99. The number of hydrogen-bond donors (Lipinski definition) is 1. The van der Waals surface area contributed by atoms with E-state index in [2.05, 4.69) is 30.9 Å². The van der Waals surface area contributed by atoms with Crippen molar-refractivity contribution < 1.29 is 4.74 Å². The zero-order chi connectivity index (χ0) is 13.5. The first-order chi connectivity index (χ1) is 8.62. The smallest absolute Gasteiger partial charge is 0.123 e. The highest BCUT2D eigenvalue weighted by molar-refractivity contribution is 5.38. The lowest BCUT2D eigenvalue weighted by Crippen LogP contribution is -2.22. The Morgan fingerprint density at radius 1 is 1.22 bits per heavy atom. The van der Waals surface area contributed by atoms with Gasteiger partial charge in [0.15, 0.2) is 0 Å². The molecule has 0 heterocycles. The van der Waals surface area contributed by atoms with E-state index in [1.165, 1.54) is 11.1 Å². The molecular formula is C15H26N2O. The summed E-state index contributed by atoms with van der Waals surface area (Å²) < 4.78 is 5.69. The minimum absolute atomic E-state index is 0.0659. The van der Waals surface area contributed by atoms with Crippen LogP contribution in [0.25, 0.3) is 0 Å². The molecule has 0 aromatic heterocycles. The molecule has 1 rings (SSSR count). The van der Waals surface area contributed by atoms with Gasteiger partial charge >= 0.3 is 0 Å². The van der Waals surface area contributed by atoms with E-state index in [9.17, 15) is 0 Å². The molecule has 3 heteroatoms. The maximum Gasteiger partial charge on any atom is 0.123 e. The van der Waals surface area contributed by atoms with Crippen molar-refractivity contribution in [2.45, 2.75) is 40.3 Å². The SMILES string of the molecule is CCOc1ccc(C(C)N)cc1CN(CC)CC. The Labute approximate surface area is 111 Å². The Morgan fingerprint density at radius 2 is 1.89 bits per heavy atom. The Balaban J connectivity index is 2.98. The van der Waals surface area contributed by atoms with Crippen molar-refractivity contribution in [1.82, 2.24) is 4.90 Å². The molecule has 0 saturated heterocycles. The zero-order valence-corrected chi connectivity index (χ0v) is 12.1. The van der Waals surface area contributed by atoms with Crippen molar-refractivity contribution in [3.63, 3.8) is 0 Å². The van der Waals surface area contributed by atoms with Crippen LogP contribution in [-0.2, 0) is 6.54 Å². The molecule has 102 valence electrons. The average Bonchev–Trinajstić information content (AvgIpc) is 2.37. The number of nitrogens with zero attached hydrogens (tertiary/aromatic N) is 1. The molecule has 0 aliphatic carbocycles. The van der Waals surface area contributed by atoms with Crippen LogP contribution in [0.5, 0.6) is 5.75 Å². The van der Waals surface area contributed by atoms with Crippen molar-refractivity contribution in [3.8, 4) is 5.75 Å². The van der Waals surface area contributed by atoms with Crippen LogP contribution >= 0.6 is 0 Å². The summed E-state index contributed by atoms with van der Waals surface area (Å²) in [5.74, 6) is 0.980. The van der Waals surface area contributed by atoms with Crippen LogP contribution in [0, 0.1) is 0 Å². The molecule has 1 unspecified atom stereocenters. The summed E-state index contributed by atoms with van der Waals surface area (Å²) in [6, 6.07) is 6.34. The third kappa shape index (κ3) is 4.00. The van der Waals surface area contributed by atoms with Gasteiger partial charge in [-0.25, -0.2) is 0 Å². The fraction of sp³-hybridized carbons (Fsp3) is 0.600. The van der Waals surface area contributed by atoms with E-state index in [0.717, 1.165) is 25.4 Å². The minimum Gasteiger partial charge on any atom is -0.494 e. The van der Waals surface area contributed by atoms with Crippen LogP contribution in [0.1, 0.15) is 44.9 Å². The van der Waals surface area contributed by atoms with Gasteiger partial charge < -0.3 is 10.5 Å². The van der Waals surface area contributed by atoms with Crippen LogP contribution < -0.4 is 10.5 Å². The largest absolute Gasteiger partial charge is 0.494 e. The lowest BCUT2D eigenvalue weighted by atomic mass is 10.0. The van der Waals surface area contributed by atoms with Gasteiger partial charge in [0.05, 0.1) is 6.61 Å². The molecule has 18 heavy (non-hydrogen) atoms. The maximum absolute atomic E-state index is 5.95. The number of hydrogen-bond acceptors (Lipinski definition) is 3. The van der Waals surface area contributed by atoms with Crippen molar-refractivity contribution in [1.29, 1.82) is 0 Å². The summed E-state index contributed by atoms with van der Waals surface area (Å²) in [5, 5.41) is 0. The number of rotatable bonds is 7. The Bertz CT molecular complexity index is 360. The Morgan fingerprint density at radius 3 is 2.39 bits per heavy atom. The van der Waals surface area contributed by atoms with Crippen LogP contribution in [0.4, 0.5) is 0 Å². The van der Waals surface area contributed by atoms with E-state index in [0.29, 0.717) is 6.61 Å². The fourth-order valence-electron chi connectivity index (χ4n) is 1.99. The minimum atomic E-state index is 0.0659. The lowest BCUT2D eigenvalue weighted by molar-refractivity contribution is 0.282. The van der Waals surface area contributed by atoms with Gasteiger partial charge in [-0.3, -0.25) is 4.90 Å². The monoisotopic (exact) mass is 250 g/mol. The molecule has 0 aliphatic heterocycles. The molecule has 1 atom stereocenters. The Hall–Kier alpha value is -1.06. The van der Waals surface area contributed by atoms with Crippen molar-refractivity contribution in [2.24, 2.45) is 5.73 Å². The summed E-state index contributed by atoms with van der Waals surface area (Å²) in [6.45, 7) is 12.1. The summed E-state index contributed by atoms with van der Waals surface area (Å²) in [4.78, 5) is 2.38. The van der Waals surface area contributed by atoms with Gasteiger partial charge in [-0.15, -0.1) is 0 Å². The van der Waals surface area contributed by atoms with Gasteiger partial charge in [0.1, 0.15) is 5.75 Å².